The van der Waals surface area contributed by atoms with Crippen LogP contribution >= 0.6 is 0 Å². The van der Waals surface area contributed by atoms with Gasteiger partial charge < -0.3 is 74.7 Å². The van der Waals surface area contributed by atoms with Crippen LogP contribution < -0.4 is 0 Å². The van der Waals surface area contributed by atoms with Gasteiger partial charge in [-0.05, 0) is 73.5 Å². The molecule has 0 aromatic carbocycles. The van der Waals surface area contributed by atoms with Gasteiger partial charge in [-0.25, -0.2) is 0 Å². The Kier molecular flexibility index (Phi) is 11.8. The molecule has 0 aromatic rings. The Hall–Kier alpha value is -0.860. The lowest BCUT2D eigenvalue weighted by molar-refractivity contribution is -0.315. The third-order valence-electron chi connectivity index (χ3n) is 15.4. The van der Waals surface area contributed by atoms with Crippen LogP contribution in [0.2, 0.25) is 0 Å². The highest BCUT2D eigenvalue weighted by Crippen LogP contribution is 2.70. The summed E-state index contributed by atoms with van der Waals surface area (Å²) in [4.78, 5) is 0. The van der Waals surface area contributed by atoms with E-state index in [0.29, 0.717) is 37.5 Å². The average molecular weight is 773 g/mol. The van der Waals surface area contributed by atoms with Gasteiger partial charge in [0.2, 0.25) is 0 Å². The number of hydrogen-bond donors (Lipinski definition) is 10. The normalized spacial score (nSPS) is 55.0. The molecule has 22 atom stereocenters. The first-order chi connectivity index (χ1) is 25.5. The summed E-state index contributed by atoms with van der Waals surface area (Å²) in [6, 6.07) is 0. The lowest BCUT2D eigenvalue weighted by atomic mass is 9.46. The van der Waals surface area contributed by atoms with E-state index in [1.165, 1.54) is 0 Å². The van der Waals surface area contributed by atoms with Crippen molar-refractivity contribution in [3.63, 3.8) is 0 Å². The first kappa shape index (κ1) is 41.3. The van der Waals surface area contributed by atoms with Crippen molar-refractivity contribution in [2.75, 3.05) is 19.8 Å². The molecule has 54 heavy (non-hydrogen) atoms. The number of allylic oxidation sites excluding steroid dienone is 1. The van der Waals surface area contributed by atoms with Crippen LogP contribution in [0.1, 0.15) is 79.1 Å². The predicted octanol–water partition coefficient (Wildman–Crippen LogP) is -0.712. The summed E-state index contributed by atoms with van der Waals surface area (Å²) in [7, 11) is 0. The maximum atomic E-state index is 12.0. The van der Waals surface area contributed by atoms with Crippen LogP contribution in [0.4, 0.5) is 0 Å². The smallest absolute Gasteiger partial charge is 0.186 e. The van der Waals surface area contributed by atoms with Gasteiger partial charge in [-0.2, -0.15) is 0 Å². The molecule has 15 nitrogen and oxygen atoms in total. The Balaban J connectivity index is 0.965. The average Bonchev–Trinajstić information content (AvgIpc) is 3.58. The topological polar surface area (TPSA) is 248 Å². The third kappa shape index (κ3) is 6.74. The van der Waals surface area contributed by atoms with Crippen LogP contribution in [0.25, 0.3) is 0 Å². The molecule has 10 N–H and O–H groups in total. The van der Waals surface area contributed by atoms with Gasteiger partial charge in [-0.3, -0.25) is 0 Å². The van der Waals surface area contributed by atoms with Crippen LogP contribution in [0.15, 0.2) is 11.6 Å². The summed E-state index contributed by atoms with van der Waals surface area (Å²) in [5.41, 5.74) is 0.615. The van der Waals surface area contributed by atoms with Crippen LogP contribution in [-0.4, -0.2) is 156 Å². The molecule has 0 bridgehead atoms. The first-order valence-electron chi connectivity index (χ1n) is 20.1. The standard InChI is InChI=1S/C39H64O15/c1-17(16-50-35-33(47)31(45)29(43)25(14-40)52-35)7-10-39(49)18(2)28-24(54-39)13-23-21-6-5-19-11-20(51-36-34(48)32(46)30(44)26(15-41)53-36)12-27(42)38(19,4)22(21)8-9-37(23,28)3/h5,17-18,20-36,40-49H,6-16H2,1-4H3. The molecular formula is C39H64O15. The minimum Gasteiger partial charge on any atom is -0.394 e. The fourth-order valence-corrected chi connectivity index (χ4v) is 12.1. The number of aliphatic hydroxyl groups is 10. The highest BCUT2D eigenvalue weighted by atomic mass is 16.7. The second-order valence-electron chi connectivity index (χ2n) is 18.3. The van der Waals surface area contributed by atoms with Crippen molar-refractivity contribution < 1.29 is 74.7 Å². The van der Waals surface area contributed by atoms with Crippen molar-refractivity contribution in [3.05, 3.63) is 11.6 Å². The molecule has 0 aromatic heterocycles. The Bertz CT molecular complexity index is 1350. The van der Waals surface area contributed by atoms with E-state index in [9.17, 15) is 51.1 Å². The molecule has 3 saturated heterocycles. The molecule has 0 spiro atoms. The van der Waals surface area contributed by atoms with Crippen LogP contribution in [0.3, 0.4) is 0 Å². The van der Waals surface area contributed by atoms with Gasteiger partial charge in [-0.1, -0.05) is 39.3 Å². The zero-order chi connectivity index (χ0) is 39.1. The van der Waals surface area contributed by atoms with E-state index >= 15 is 0 Å². The number of fused-ring (bicyclic) bond motifs is 7. The summed E-state index contributed by atoms with van der Waals surface area (Å²) in [5, 5.41) is 104. The molecule has 4 aliphatic carbocycles. The van der Waals surface area contributed by atoms with Gasteiger partial charge in [0, 0.05) is 24.2 Å². The fourth-order valence-electron chi connectivity index (χ4n) is 12.1. The molecule has 15 heteroatoms. The molecule has 3 aliphatic heterocycles. The largest absolute Gasteiger partial charge is 0.394 e. The Labute approximate surface area is 316 Å². The molecule has 3 heterocycles. The number of ether oxygens (including phenoxy) is 5. The molecule has 0 amide bonds. The molecule has 0 radical (unpaired) electrons. The molecule has 6 fully saturated rings. The molecule has 3 saturated carbocycles. The minimum atomic E-state index is -1.53. The van der Waals surface area contributed by atoms with E-state index in [0.717, 1.165) is 31.3 Å². The summed E-state index contributed by atoms with van der Waals surface area (Å²) >= 11 is 0. The van der Waals surface area contributed by atoms with Crippen LogP contribution in [0.5, 0.6) is 0 Å². The first-order valence-corrected chi connectivity index (χ1v) is 20.1. The second kappa shape index (κ2) is 15.4. The number of aliphatic hydroxyl groups excluding tert-OH is 9. The lowest BCUT2D eigenvalue weighted by Gasteiger charge is -2.60. The van der Waals surface area contributed by atoms with Crippen LogP contribution in [0, 0.1) is 46.3 Å². The van der Waals surface area contributed by atoms with Gasteiger partial charge in [0.15, 0.2) is 18.4 Å². The lowest BCUT2D eigenvalue weighted by Crippen LogP contribution is -2.60. The maximum absolute atomic E-state index is 12.0. The summed E-state index contributed by atoms with van der Waals surface area (Å²) in [6.45, 7) is 7.69. The SMILES string of the molecule is CC(CCC1(O)OC2CC3C4CC=C5CC(OC6OC(CO)C(O)C(O)C6O)CC(O)C5(C)C4CCC3(C)C2C1C)COC1OC(CO)C(O)C(O)C1O. The Morgan fingerprint density at radius 1 is 0.852 bits per heavy atom. The van der Waals surface area contributed by atoms with E-state index in [1.807, 2.05) is 6.92 Å². The van der Waals surface area contributed by atoms with Crippen molar-refractivity contribution in [1.29, 1.82) is 0 Å². The van der Waals surface area contributed by atoms with Gasteiger partial charge in [0.05, 0.1) is 38.1 Å². The van der Waals surface area contributed by atoms with Gasteiger partial charge in [-0.15, -0.1) is 0 Å². The molecule has 22 unspecified atom stereocenters. The third-order valence-corrected chi connectivity index (χ3v) is 15.4. The fraction of sp³-hybridized carbons (Fsp3) is 0.949. The quantitative estimate of drug-likeness (QED) is 0.123. The molecule has 7 aliphatic rings. The van der Waals surface area contributed by atoms with Crippen molar-refractivity contribution in [2.24, 2.45) is 46.3 Å². The van der Waals surface area contributed by atoms with Gasteiger partial charge in [0.1, 0.15) is 48.8 Å². The summed E-state index contributed by atoms with van der Waals surface area (Å²) in [6.07, 6.45) is -7.09. The van der Waals surface area contributed by atoms with Crippen molar-refractivity contribution >= 4 is 0 Å². The second-order valence-corrected chi connectivity index (χ2v) is 18.3. The molecule has 310 valence electrons. The van der Waals surface area contributed by atoms with Crippen molar-refractivity contribution in [2.45, 2.75) is 165 Å². The van der Waals surface area contributed by atoms with Gasteiger partial charge >= 0.3 is 0 Å². The van der Waals surface area contributed by atoms with Crippen LogP contribution in [-0.2, 0) is 23.7 Å². The molecular weight excluding hydrogens is 708 g/mol. The number of hydrogen-bond acceptors (Lipinski definition) is 15. The Morgan fingerprint density at radius 3 is 2.13 bits per heavy atom. The maximum Gasteiger partial charge on any atom is 0.186 e. The minimum absolute atomic E-state index is 0.0514. The summed E-state index contributed by atoms with van der Waals surface area (Å²) in [5.74, 6) is -0.365. The summed E-state index contributed by atoms with van der Waals surface area (Å²) < 4.78 is 29.6. The Morgan fingerprint density at radius 2 is 1.48 bits per heavy atom. The zero-order valence-corrected chi connectivity index (χ0v) is 31.8. The van der Waals surface area contributed by atoms with Crippen molar-refractivity contribution in [3.8, 4) is 0 Å². The van der Waals surface area contributed by atoms with E-state index < -0.39 is 98.0 Å². The van der Waals surface area contributed by atoms with Gasteiger partial charge in [0.25, 0.3) is 0 Å². The number of rotatable bonds is 10. The highest BCUT2D eigenvalue weighted by molar-refractivity contribution is 5.28. The van der Waals surface area contributed by atoms with E-state index in [-0.39, 0.29) is 41.8 Å². The van der Waals surface area contributed by atoms with E-state index in [1.54, 1.807) is 0 Å². The zero-order valence-electron chi connectivity index (χ0n) is 31.8. The van der Waals surface area contributed by atoms with E-state index in [2.05, 4.69) is 26.8 Å². The van der Waals surface area contributed by atoms with Crippen molar-refractivity contribution in [1.82, 2.24) is 0 Å². The molecule has 7 rings (SSSR count). The van der Waals surface area contributed by atoms with E-state index in [4.69, 9.17) is 23.7 Å². The predicted molar refractivity (Wildman–Crippen MR) is 188 cm³/mol. The highest BCUT2D eigenvalue weighted by Gasteiger charge is 2.68. The monoisotopic (exact) mass is 772 g/mol.